The molecule has 0 aliphatic carbocycles. The van der Waals surface area contributed by atoms with Crippen LogP contribution in [0.5, 0.6) is 11.5 Å². The number of alkyl halides is 3. The number of hydrogen-bond acceptors (Lipinski definition) is 6. The lowest BCUT2D eigenvalue weighted by Gasteiger charge is -2.20. The molecule has 0 fully saturated rings. The van der Waals surface area contributed by atoms with E-state index in [2.05, 4.69) is 6.92 Å². The highest BCUT2D eigenvalue weighted by atomic mass is 19.4. The van der Waals surface area contributed by atoms with Crippen LogP contribution in [0.2, 0.25) is 0 Å². The molecule has 3 aromatic carbocycles. The minimum Gasteiger partial charge on any atom is -0.494 e. The third-order valence-corrected chi connectivity index (χ3v) is 7.95. The van der Waals surface area contributed by atoms with Gasteiger partial charge in [-0.05, 0) is 92.3 Å². The van der Waals surface area contributed by atoms with Gasteiger partial charge in [-0.15, -0.1) is 0 Å². The van der Waals surface area contributed by atoms with Crippen molar-refractivity contribution in [2.75, 3.05) is 19.8 Å². The molecule has 0 heterocycles. The Kier molecular flexibility index (Phi) is 17.0. The molecule has 3 rings (SSSR count). The lowest BCUT2D eigenvalue weighted by Crippen LogP contribution is -2.33. The quantitative estimate of drug-likeness (QED) is 0.0602. The van der Waals surface area contributed by atoms with Gasteiger partial charge in [0, 0.05) is 13.2 Å². The monoisotopic (exact) mass is 670 g/mol. The van der Waals surface area contributed by atoms with E-state index in [0.717, 1.165) is 23.3 Å². The van der Waals surface area contributed by atoms with Crippen LogP contribution in [0.4, 0.5) is 13.2 Å². The van der Waals surface area contributed by atoms with E-state index in [1.165, 1.54) is 69.2 Å². The van der Waals surface area contributed by atoms with Gasteiger partial charge in [-0.2, -0.15) is 13.2 Å². The summed E-state index contributed by atoms with van der Waals surface area (Å²) in [7, 11) is 0. The Morgan fingerprint density at radius 1 is 0.604 bits per heavy atom. The average molecular weight is 671 g/mol. The molecule has 262 valence electrons. The van der Waals surface area contributed by atoms with E-state index in [0.29, 0.717) is 38.2 Å². The number of carbonyl (C=O) groups is 2. The van der Waals surface area contributed by atoms with Crippen LogP contribution >= 0.6 is 0 Å². The van der Waals surface area contributed by atoms with Gasteiger partial charge in [-0.25, -0.2) is 9.59 Å². The summed E-state index contributed by atoms with van der Waals surface area (Å²) in [5.74, 6) is -0.735. The highest BCUT2D eigenvalue weighted by Gasteiger charge is 2.42. The molecule has 1 atom stereocenters. The zero-order chi connectivity index (χ0) is 34.6. The first-order valence-electron chi connectivity index (χ1n) is 17.2. The normalized spacial score (nSPS) is 12.0. The summed E-state index contributed by atoms with van der Waals surface area (Å²) in [5, 5.41) is 0. The number of esters is 2. The smallest absolute Gasteiger partial charge is 0.425 e. The fraction of sp³-hybridized carbons (Fsp3) is 0.487. The Morgan fingerprint density at radius 2 is 1.10 bits per heavy atom. The second-order valence-electron chi connectivity index (χ2n) is 11.8. The fourth-order valence-corrected chi connectivity index (χ4v) is 5.13. The van der Waals surface area contributed by atoms with Gasteiger partial charge in [-0.1, -0.05) is 82.6 Å². The molecular formula is C39H49F3O6. The SMILES string of the molecule is CCCCCCCCCCOc1ccc(-c2ccc(C(=O)Oc3ccc(C(=O)O[C@H](CCCCCOCC)C(F)(F)F)cc3)cc2)cc1. The molecule has 0 aromatic heterocycles. The zero-order valence-electron chi connectivity index (χ0n) is 28.2. The summed E-state index contributed by atoms with van der Waals surface area (Å²) < 4.78 is 61.7. The molecule has 0 saturated carbocycles. The topological polar surface area (TPSA) is 71.1 Å². The van der Waals surface area contributed by atoms with Crippen molar-refractivity contribution in [3.05, 3.63) is 83.9 Å². The lowest BCUT2D eigenvalue weighted by atomic mass is 10.0. The van der Waals surface area contributed by atoms with Crippen molar-refractivity contribution in [2.24, 2.45) is 0 Å². The summed E-state index contributed by atoms with van der Waals surface area (Å²) in [6.45, 7) is 5.82. The van der Waals surface area contributed by atoms with E-state index < -0.39 is 24.2 Å². The molecule has 3 aromatic rings. The maximum Gasteiger partial charge on any atom is 0.425 e. The predicted octanol–water partition coefficient (Wildman–Crippen LogP) is 10.8. The van der Waals surface area contributed by atoms with Crippen LogP contribution in [0.3, 0.4) is 0 Å². The van der Waals surface area contributed by atoms with Crippen LogP contribution in [-0.4, -0.2) is 44.0 Å². The predicted molar refractivity (Wildman–Crippen MR) is 182 cm³/mol. The first-order valence-corrected chi connectivity index (χ1v) is 17.2. The third kappa shape index (κ3) is 14.1. The maximum atomic E-state index is 13.5. The van der Waals surface area contributed by atoms with E-state index in [9.17, 15) is 22.8 Å². The Morgan fingerprint density at radius 3 is 1.71 bits per heavy atom. The van der Waals surface area contributed by atoms with E-state index >= 15 is 0 Å². The lowest BCUT2D eigenvalue weighted by molar-refractivity contribution is -0.206. The molecule has 0 radical (unpaired) electrons. The number of halogens is 3. The number of rotatable bonds is 22. The van der Waals surface area contributed by atoms with E-state index in [1.807, 2.05) is 43.3 Å². The van der Waals surface area contributed by atoms with Gasteiger partial charge >= 0.3 is 18.1 Å². The van der Waals surface area contributed by atoms with Gasteiger partial charge < -0.3 is 18.9 Å². The first kappa shape index (κ1) is 38.6. The van der Waals surface area contributed by atoms with Crippen molar-refractivity contribution in [1.29, 1.82) is 0 Å². The highest BCUT2D eigenvalue weighted by Crippen LogP contribution is 2.29. The van der Waals surface area contributed by atoms with Crippen molar-refractivity contribution in [2.45, 2.75) is 103 Å². The fourth-order valence-electron chi connectivity index (χ4n) is 5.13. The van der Waals surface area contributed by atoms with Crippen LogP contribution < -0.4 is 9.47 Å². The van der Waals surface area contributed by atoms with Crippen LogP contribution in [0.1, 0.15) is 112 Å². The van der Waals surface area contributed by atoms with Crippen LogP contribution in [0.25, 0.3) is 11.1 Å². The molecule has 0 aliphatic heterocycles. The van der Waals surface area contributed by atoms with Gasteiger partial charge in [0.05, 0.1) is 17.7 Å². The first-order chi connectivity index (χ1) is 23.2. The van der Waals surface area contributed by atoms with Gasteiger partial charge in [0.2, 0.25) is 0 Å². The molecule has 0 bridgehead atoms. The van der Waals surface area contributed by atoms with E-state index in [4.69, 9.17) is 18.9 Å². The molecule has 0 unspecified atom stereocenters. The summed E-state index contributed by atoms with van der Waals surface area (Å²) >= 11 is 0. The standard InChI is InChI=1S/C39H49F3O6/c1-3-5-6-7-8-9-10-14-29-46-34-24-20-31(21-25-34)30-16-18-32(19-17-30)37(43)47-35-26-22-33(23-27-35)38(44)48-36(39(40,41)42)15-12-11-13-28-45-4-2/h16-27,36H,3-15,28-29H2,1-2H3/t36-/m1/s1. The zero-order valence-corrected chi connectivity index (χ0v) is 28.2. The molecule has 48 heavy (non-hydrogen) atoms. The van der Waals surface area contributed by atoms with Crippen molar-refractivity contribution >= 4 is 11.9 Å². The molecular weight excluding hydrogens is 621 g/mol. The molecule has 0 aliphatic rings. The Hall–Kier alpha value is -3.85. The minimum atomic E-state index is -4.68. The van der Waals surface area contributed by atoms with Gasteiger partial charge in [0.15, 0.2) is 6.10 Å². The summed E-state index contributed by atoms with van der Waals surface area (Å²) in [6.07, 6.45) is 4.26. The number of ether oxygens (including phenoxy) is 4. The Bertz CT molecular complexity index is 1340. The van der Waals surface area contributed by atoms with Gasteiger partial charge in [0.25, 0.3) is 0 Å². The number of unbranched alkanes of at least 4 members (excludes halogenated alkanes) is 9. The Labute approximate surface area is 282 Å². The highest BCUT2D eigenvalue weighted by molar-refractivity contribution is 5.92. The van der Waals surface area contributed by atoms with Gasteiger partial charge in [0.1, 0.15) is 11.5 Å². The van der Waals surface area contributed by atoms with E-state index in [-0.39, 0.29) is 24.2 Å². The summed E-state index contributed by atoms with van der Waals surface area (Å²) in [4.78, 5) is 25.2. The molecule has 9 heteroatoms. The number of hydrogen-bond donors (Lipinski definition) is 0. The molecule has 0 spiro atoms. The second kappa shape index (κ2) is 21.2. The van der Waals surface area contributed by atoms with Gasteiger partial charge in [-0.3, -0.25) is 0 Å². The van der Waals surface area contributed by atoms with Crippen molar-refractivity contribution in [3.63, 3.8) is 0 Å². The van der Waals surface area contributed by atoms with Crippen LogP contribution in [-0.2, 0) is 9.47 Å². The number of carbonyl (C=O) groups excluding carboxylic acids is 2. The average Bonchev–Trinajstić information content (AvgIpc) is 3.08. The molecule has 0 N–H and O–H groups in total. The van der Waals surface area contributed by atoms with Crippen LogP contribution in [0, 0.1) is 0 Å². The molecule has 6 nitrogen and oxygen atoms in total. The second-order valence-corrected chi connectivity index (χ2v) is 11.8. The summed E-state index contributed by atoms with van der Waals surface area (Å²) in [6, 6.07) is 20.0. The van der Waals surface area contributed by atoms with E-state index in [1.54, 1.807) is 12.1 Å². The summed E-state index contributed by atoms with van der Waals surface area (Å²) in [5.41, 5.74) is 2.15. The third-order valence-electron chi connectivity index (χ3n) is 7.95. The van der Waals surface area contributed by atoms with Crippen molar-refractivity contribution < 1.29 is 41.7 Å². The largest absolute Gasteiger partial charge is 0.494 e. The molecule has 0 amide bonds. The molecule has 0 saturated heterocycles. The van der Waals surface area contributed by atoms with Crippen LogP contribution in [0.15, 0.2) is 72.8 Å². The van der Waals surface area contributed by atoms with Crippen molar-refractivity contribution in [3.8, 4) is 22.6 Å². The minimum absolute atomic E-state index is 0.0747. The Balaban J connectivity index is 1.44. The van der Waals surface area contributed by atoms with Crippen molar-refractivity contribution in [1.82, 2.24) is 0 Å². The maximum absolute atomic E-state index is 13.5. The number of benzene rings is 3.